The molecule has 0 unspecified atom stereocenters. The molecule has 1 aromatic heterocycles. The van der Waals surface area contributed by atoms with E-state index in [4.69, 9.17) is 13.9 Å². The second-order valence-electron chi connectivity index (χ2n) is 6.80. The Hall–Kier alpha value is -2.80. The van der Waals surface area contributed by atoms with Crippen molar-refractivity contribution in [1.29, 1.82) is 0 Å². The fraction of sp³-hybridized carbons (Fsp3) is 0.429. The zero-order valence-corrected chi connectivity index (χ0v) is 16.1. The monoisotopic (exact) mass is 386 g/mol. The van der Waals surface area contributed by atoms with Crippen LogP contribution in [0.3, 0.4) is 0 Å². The molecule has 1 saturated heterocycles. The van der Waals surface area contributed by atoms with Crippen LogP contribution >= 0.6 is 0 Å². The summed E-state index contributed by atoms with van der Waals surface area (Å²) in [6.07, 6.45) is 6.14. The molecule has 7 heteroatoms. The average molecular weight is 386 g/mol. The maximum Gasteiger partial charge on any atom is 0.262 e. The first-order valence-electron chi connectivity index (χ1n) is 9.55. The molecule has 1 amide bonds. The standard InChI is InChI=1S/C21H26N2O5/c1-26-19-9-5-4-8-17(19)22-21(25)15-28-20-14-27-16(12-18(20)24)13-23-10-6-2-3-7-11-23/h4-5,8-9,12,14H,2-3,6-7,10-11,13,15H2,1H3,(H,22,25). The third-order valence-electron chi connectivity index (χ3n) is 4.67. The number of rotatable bonds is 7. The predicted octanol–water partition coefficient (Wildman–Crippen LogP) is 3.04. The van der Waals surface area contributed by atoms with E-state index in [9.17, 15) is 9.59 Å². The molecule has 1 aliphatic heterocycles. The maximum absolute atomic E-state index is 12.3. The number of hydrogen-bond donors (Lipinski definition) is 1. The summed E-state index contributed by atoms with van der Waals surface area (Å²) in [7, 11) is 1.53. The number of hydrogen-bond acceptors (Lipinski definition) is 6. The second kappa shape index (κ2) is 9.94. The number of carbonyl (C=O) groups excluding carboxylic acids is 1. The summed E-state index contributed by atoms with van der Waals surface area (Å²) < 4.78 is 16.1. The van der Waals surface area contributed by atoms with Crippen LogP contribution in [0.25, 0.3) is 0 Å². The Bertz CT molecular complexity index is 841. The van der Waals surface area contributed by atoms with Crippen molar-refractivity contribution in [2.45, 2.75) is 32.2 Å². The van der Waals surface area contributed by atoms with Crippen molar-refractivity contribution in [1.82, 2.24) is 4.90 Å². The first-order chi connectivity index (χ1) is 13.7. The van der Waals surface area contributed by atoms with Crippen molar-refractivity contribution in [3.8, 4) is 11.5 Å². The molecule has 0 saturated carbocycles. The van der Waals surface area contributed by atoms with E-state index in [2.05, 4.69) is 10.2 Å². The highest BCUT2D eigenvalue weighted by atomic mass is 16.5. The molecular weight excluding hydrogens is 360 g/mol. The van der Waals surface area contributed by atoms with Gasteiger partial charge in [-0.05, 0) is 38.1 Å². The highest BCUT2D eigenvalue weighted by Crippen LogP contribution is 2.22. The van der Waals surface area contributed by atoms with E-state index in [-0.39, 0.29) is 17.8 Å². The molecule has 1 aliphatic rings. The summed E-state index contributed by atoms with van der Waals surface area (Å²) in [6.45, 7) is 2.36. The van der Waals surface area contributed by atoms with Crippen molar-refractivity contribution in [2.75, 3.05) is 32.1 Å². The highest BCUT2D eigenvalue weighted by Gasteiger charge is 2.13. The van der Waals surface area contributed by atoms with E-state index in [1.54, 1.807) is 18.2 Å². The SMILES string of the molecule is COc1ccccc1NC(=O)COc1coc(CN2CCCCCC2)cc1=O. The third-order valence-corrected chi connectivity index (χ3v) is 4.67. The van der Waals surface area contributed by atoms with Gasteiger partial charge < -0.3 is 19.2 Å². The number of benzene rings is 1. The van der Waals surface area contributed by atoms with Gasteiger partial charge in [0.15, 0.2) is 6.61 Å². The van der Waals surface area contributed by atoms with E-state index < -0.39 is 5.91 Å². The lowest BCUT2D eigenvalue weighted by atomic mass is 10.2. The Balaban J connectivity index is 1.54. The van der Waals surface area contributed by atoms with Gasteiger partial charge in [-0.1, -0.05) is 25.0 Å². The molecule has 1 N–H and O–H groups in total. The van der Waals surface area contributed by atoms with Crippen molar-refractivity contribution >= 4 is 11.6 Å². The number of ether oxygens (including phenoxy) is 2. The van der Waals surface area contributed by atoms with Gasteiger partial charge >= 0.3 is 0 Å². The van der Waals surface area contributed by atoms with Crippen LogP contribution in [0.5, 0.6) is 11.5 Å². The van der Waals surface area contributed by atoms with E-state index >= 15 is 0 Å². The van der Waals surface area contributed by atoms with Gasteiger partial charge in [0.05, 0.1) is 19.3 Å². The largest absolute Gasteiger partial charge is 0.495 e. The number of carbonyl (C=O) groups is 1. The highest BCUT2D eigenvalue weighted by molar-refractivity contribution is 5.93. The number of para-hydroxylation sites is 2. The topological polar surface area (TPSA) is 81.0 Å². The van der Waals surface area contributed by atoms with Gasteiger partial charge in [0.25, 0.3) is 5.91 Å². The molecule has 0 aliphatic carbocycles. The lowest BCUT2D eigenvalue weighted by Gasteiger charge is -2.18. The van der Waals surface area contributed by atoms with Crippen LogP contribution in [-0.2, 0) is 11.3 Å². The molecule has 0 bridgehead atoms. The number of anilines is 1. The summed E-state index contributed by atoms with van der Waals surface area (Å²) in [5, 5.41) is 2.69. The van der Waals surface area contributed by atoms with E-state index in [0.29, 0.717) is 23.7 Å². The van der Waals surface area contributed by atoms with Crippen LogP contribution in [0.15, 0.2) is 45.8 Å². The summed E-state index contributed by atoms with van der Waals surface area (Å²) >= 11 is 0. The summed E-state index contributed by atoms with van der Waals surface area (Å²) in [4.78, 5) is 26.7. The first-order valence-corrected chi connectivity index (χ1v) is 9.55. The van der Waals surface area contributed by atoms with Crippen LogP contribution in [0.4, 0.5) is 5.69 Å². The maximum atomic E-state index is 12.3. The van der Waals surface area contributed by atoms with Gasteiger partial charge in [0.2, 0.25) is 11.2 Å². The Labute approximate surface area is 164 Å². The number of amides is 1. The van der Waals surface area contributed by atoms with Crippen LogP contribution in [0, 0.1) is 0 Å². The molecule has 0 atom stereocenters. The molecule has 28 heavy (non-hydrogen) atoms. The van der Waals surface area contributed by atoms with Gasteiger partial charge in [-0.15, -0.1) is 0 Å². The minimum Gasteiger partial charge on any atom is -0.495 e. The lowest BCUT2D eigenvalue weighted by molar-refractivity contribution is -0.118. The Morgan fingerprint density at radius 1 is 1.14 bits per heavy atom. The summed E-state index contributed by atoms with van der Waals surface area (Å²) in [5.41, 5.74) is 0.250. The third kappa shape index (κ3) is 5.60. The van der Waals surface area contributed by atoms with E-state index in [1.165, 1.54) is 45.1 Å². The Morgan fingerprint density at radius 2 is 1.89 bits per heavy atom. The van der Waals surface area contributed by atoms with Gasteiger partial charge in [-0.3, -0.25) is 14.5 Å². The molecule has 0 spiro atoms. The molecule has 7 nitrogen and oxygen atoms in total. The lowest BCUT2D eigenvalue weighted by Crippen LogP contribution is -2.25. The normalized spacial score (nSPS) is 14.9. The van der Waals surface area contributed by atoms with Crippen molar-refractivity contribution in [3.05, 3.63) is 52.6 Å². The van der Waals surface area contributed by atoms with Gasteiger partial charge in [-0.2, -0.15) is 0 Å². The van der Waals surface area contributed by atoms with Crippen LogP contribution < -0.4 is 20.2 Å². The van der Waals surface area contributed by atoms with E-state index in [1.807, 2.05) is 6.07 Å². The quantitative estimate of drug-likeness (QED) is 0.788. The smallest absolute Gasteiger partial charge is 0.262 e. The zero-order valence-electron chi connectivity index (χ0n) is 16.1. The minimum absolute atomic E-state index is 0.0230. The average Bonchev–Trinajstić information content (AvgIpc) is 2.96. The predicted molar refractivity (Wildman–Crippen MR) is 106 cm³/mol. The second-order valence-corrected chi connectivity index (χ2v) is 6.80. The number of methoxy groups -OCH3 is 1. The Kier molecular flexibility index (Phi) is 7.08. The fourth-order valence-corrected chi connectivity index (χ4v) is 3.22. The van der Waals surface area contributed by atoms with Crippen molar-refractivity contribution < 1.29 is 18.7 Å². The van der Waals surface area contributed by atoms with Gasteiger partial charge in [0, 0.05) is 6.07 Å². The number of nitrogens with zero attached hydrogens (tertiary/aromatic N) is 1. The molecule has 150 valence electrons. The van der Waals surface area contributed by atoms with Crippen LogP contribution in [0.2, 0.25) is 0 Å². The van der Waals surface area contributed by atoms with Crippen LogP contribution in [0.1, 0.15) is 31.4 Å². The molecule has 1 aromatic carbocycles. The zero-order chi connectivity index (χ0) is 19.8. The number of nitrogens with one attached hydrogen (secondary N) is 1. The van der Waals surface area contributed by atoms with Crippen molar-refractivity contribution in [3.63, 3.8) is 0 Å². The summed E-state index contributed by atoms with van der Waals surface area (Å²) in [6, 6.07) is 8.51. The summed E-state index contributed by atoms with van der Waals surface area (Å²) in [5.74, 6) is 0.790. The van der Waals surface area contributed by atoms with E-state index in [0.717, 1.165) is 13.1 Å². The minimum atomic E-state index is -0.391. The number of likely N-dealkylation sites (tertiary alicyclic amines) is 1. The molecule has 2 heterocycles. The van der Waals surface area contributed by atoms with Crippen LogP contribution in [-0.4, -0.2) is 37.6 Å². The molecule has 0 radical (unpaired) electrons. The molecule has 1 fully saturated rings. The molecule has 3 rings (SSSR count). The fourth-order valence-electron chi connectivity index (χ4n) is 3.22. The van der Waals surface area contributed by atoms with Gasteiger partial charge in [0.1, 0.15) is 17.8 Å². The molecule has 2 aromatic rings. The Morgan fingerprint density at radius 3 is 2.61 bits per heavy atom. The van der Waals surface area contributed by atoms with Crippen molar-refractivity contribution in [2.24, 2.45) is 0 Å². The first kappa shape index (κ1) is 19.9. The molecular formula is C21H26N2O5. The van der Waals surface area contributed by atoms with Gasteiger partial charge in [-0.25, -0.2) is 0 Å².